The van der Waals surface area contributed by atoms with Gasteiger partial charge in [-0.2, -0.15) is 5.26 Å². The van der Waals surface area contributed by atoms with Gasteiger partial charge < -0.3 is 13.9 Å². The van der Waals surface area contributed by atoms with E-state index >= 15 is 0 Å². The maximum atomic E-state index is 14.7. The Morgan fingerprint density at radius 1 is 0.450 bits per heavy atom. The average molecular weight is 772 g/mol. The SMILES string of the molecule is N#Cc1ccc(-c2cccc(N(c3ccc(-c4cccc(-n5c6ccccc6c6ccc(F)cc65)c4)cc3)c3ccc(-c4cccc5oc6ccccc6c45)cc3)c2)cc1. The quantitative estimate of drug-likeness (QED) is 0.162. The van der Waals surface area contributed by atoms with Gasteiger partial charge in [0.25, 0.3) is 0 Å². The first-order chi connectivity index (χ1) is 29.6. The molecule has 0 atom stereocenters. The van der Waals surface area contributed by atoms with Gasteiger partial charge in [-0.05, 0) is 130 Å². The molecule has 0 spiro atoms. The Labute approximate surface area is 345 Å². The van der Waals surface area contributed by atoms with Crippen LogP contribution in [0.4, 0.5) is 21.5 Å². The van der Waals surface area contributed by atoms with Crippen LogP contribution in [0.15, 0.2) is 211 Å². The second kappa shape index (κ2) is 14.3. The van der Waals surface area contributed by atoms with Crippen molar-refractivity contribution >= 4 is 60.8 Å². The van der Waals surface area contributed by atoms with Crippen molar-refractivity contribution in [1.29, 1.82) is 5.26 Å². The minimum Gasteiger partial charge on any atom is -0.456 e. The zero-order valence-corrected chi connectivity index (χ0v) is 32.3. The third kappa shape index (κ3) is 5.98. The van der Waals surface area contributed by atoms with Crippen molar-refractivity contribution in [1.82, 2.24) is 4.57 Å². The molecule has 9 aromatic carbocycles. The van der Waals surface area contributed by atoms with Gasteiger partial charge >= 0.3 is 0 Å². The number of nitriles is 1. The predicted octanol–water partition coefficient (Wildman–Crippen LogP) is 15.2. The van der Waals surface area contributed by atoms with Crippen molar-refractivity contribution < 1.29 is 8.81 Å². The monoisotopic (exact) mass is 771 g/mol. The smallest absolute Gasteiger partial charge is 0.136 e. The van der Waals surface area contributed by atoms with Crippen LogP contribution in [-0.4, -0.2) is 4.57 Å². The molecule has 0 saturated carbocycles. The van der Waals surface area contributed by atoms with Crippen molar-refractivity contribution in [2.75, 3.05) is 4.90 Å². The fraction of sp³-hybridized carbons (Fsp3) is 0. The van der Waals surface area contributed by atoms with E-state index in [0.29, 0.717) is 5.56 Å². The maximum Gasteiger partial charge on any atom is 0.136 e. The van der Waals surface area contributed by atoms with Crippen LogP contribution in [0.25, 0.3) is 82.8 Å². The Kier molecular flexibility index (Phi) is 8.35. The first-order valence-electron chi connectivity index (χ1n) is 19.9. The maximum absolute atomic E-state index is 14.7. The Morgan fingerprint density at radius 2 is 1.07 bits per heavy atom. The summed E-state index contributed by atoms with van der Waals surface area (Å²) < 4.78 is 23.0. The highest BCUT2D eigenvalue weighted by Crippen LogP contribution is 2.41. The Hall–Kier alpha value is -8.20. The van der Waals surface area contributed by atoms with Crippen LogP contribution >= 0.6 is 0 Å². The molecule has 0 aliphatic rings. The van der Waals surface area contributed by atoms with E-state index < -0.39 is 0 Å². The molecule has 0 aliphatic carbocycles. The van der Waals surface area contributed by atoms with Crippen LogP contribution in [0.3, 0.4) is 0 Å². The molecule has 0 amide bonds. The number of hydrogen-bond donors (Lipinski definition) is 0. The number of para-hydroxylation sites is 2. The van der Waals surface area contributed by atoms with Gasteiger partial charge in [-0.3, -0.25) is 0 Å². The second-order valence-electron chi connectivity index (χ2n) is 15.0. The minimum atomic E-state index is -0.260. The van der Waals surface area contributed by atoms with Crippen LogP contribution in [0.2, 0.25) is 0 Å². The minimum absolute atomic E-state index is 0.260. The van der Waals surface area contributed by atoms with Gasteiger partial charge in [0, 0.05) is 44.3 Å². The van der Waals surface area contributed by atoms with Crippen molar-refractivity contribution in [3.63, 3.8) is 0 Å². The summed E-state index contributed by atoms with van der Waals surface area (Å²) in [6.07, 6.45) is 0. The number of nitrogens with zero attached hydrogens (tertiary/aromatic N) is 3. The molecule has 60 heavy (non-hydrogen) atoms. The lowest BCUT2D eigenvalue weighted by molar-refractivity contribution is 0.629. The third-order valence-electron chi connectivity index (χ3n) is 11.5. The van der Waals surface area contributed by atoms with Gasteiger partial charge in [0.1, 0.15) is 17.0 Å². The van der Waals surface area contributed by atoms with E-state index in [9.17, 15) is 9.65 Å². The summed E-state index contributed by atoms with van der Waals surface area (Å²) in [5.74, 6) is -0.260. The number of hydrogen-bond acceptors (Lipinski definition) is 3. The summed E-state index contributed by atoms with van der Waals surface area (Å²) in [6.45, 7) is 0. The van der Waals surface area contributed by atoms with E-state index in [1.165, 1.54) is 6.07 Å². The van der Waals surface area contributed by atoms with Gasteiger partial charge in [0.05, 0.1) is 22.7 Å². The number of anilines is 3. The largest absolute Gasteiger partial charge is 0.456 e. The van der Waals surface area contributed by atoms with Crippen LogP contribution in [0.5, 0.6) is 0 Å². The molecule has 0 radical (unpaired) electrons. The zero-order valence-electron chi connectivity index (χ0n) is 32.3. The normalized spacial score (nSPS) is 11.4. The Bertz CT molecular complexity index is 3450. The van der Waals surface area contributed by atoms with E-state index in [4.69, 9.17) is 4.42 Å². The fourth-order valence-corrected chi connectivity index (χ4v) is 8.66. The summed E-state index contributed by atoms with van der Waals surface area (Å²) in [5, 5.41) is 13.7. The van der Waals surface area contributed by atoms with Gasteiger partial charge in [0.15, 0.2) is 0 Å². The number of furan rings is 1. The molecule has 0 N–H and O–H groups in total. The number of rotatable bonds is 7. The molecule has 282 valence electrons. The van der Waals surface area contributed by atoms with Crippen LogP contribution in [0, 0.1) is 17.1 Å². The highest BCUT2D eigenvalue weighted by molar-refractivity contribution is 6.12. The highest BCUT2D eigenvalue weighted by Gasteiger charge is 2.18. The zero-order chi connectivity index (χ0) is 40.2. The standard InChI is InChI=1S/C55H34FN3O/c56-42-26-31-49-48-12-1-3-15-51(48)59(52(49)34-42)46-11-6-9-41(33-46)38-22-27-43(28-23-38)58(45-10-5-8-40(32-45)37-20-18-36(35-57)19-21-37)44-29-24-39(25-30-44)47-14-7-17-54-55(47)50-13-2-4-16-53(50)60-54/h1-34H. The molecule has 0 saturated heterocycles. The molecule has 0 aliphatic heterocycles. The van der Waals surface area contributed by atoms with Crippen molar-refractivity contribution in [3.05, 3.63) is 218 Å². The Morgan fingerprint density at radius 3 is 1.83 bits per heavy atom. The van der Waals surface area contributed by atoms with E-state index in [0.717, 1.165) is 99.9 Å². The molecular weight excluding hydrogens is 738 g/mol. The molecule has 11 aromatic rings. The van der Waals surface area contributed by atoms with Gasteiger partial charge in [-0.1, -0.05) is 109 Å². The number of aromatic nitrogens is 1. The van der Waals surface area contributed by atoms with Crippen molar-refractivity contribution in [2.24, 2.45) is 0 Å². The second-order valence-corrected chi connectivity index (χ2v) is 15.0. The topological polar surface area (TPSA) is 45.1 Å². The summed E-state index contributed by atoms with van der Waals surface area (Å²) in [5.41, 5.74) is 14.6. The van der Waals surface area contributed by atoms with E-state index in [2.05, 4.69) is 149 Å². The molecule has 11 rings (SSSR count). The average Bonchev–Trinajstić information content (AvgIpc) is 3.85. The third-order valence-corrected chi connectivity index (χ3v) is 11.5. The van der Waals surface area contributed by atoms with E-state index in [1.807, 2.05) is 60.7 Å². The fourth-order valence-electron chi connectivity index (χ4n) is 8.66. The van der Waals surface area contributed by atoms with E-state index in [1.54, 1.807) is 6.07 Å². The molecule has 2 heterocycles. The lowest BCUT2D eigenvalue weighted by atomic mass is 9.98. The van der Waals surface area contributed by atoms with Crippen molar-refractivity contribution in [3.8, 4) is 45.1 Å². The first-order valence-corrected chi connectivity index (χ1v) is 19.9. The lowest BCUT2D eigenvalue weighted by Gasteiger charge is -2.26. The van der Waals surface area contributed by atoms with Crippen LogP contribution < -0.4 is 4.90 Å². The molecular formula is C55H34FN3O. The van der Waals surface area contributed by atoms with Gasteiger partial charge in [-0.25, -0.2) is 4.39 Å². The van der Waals surface area contributed by atoms with Crippen LogP contribution in [-0.2, 0) is 0 Å². The molecule has 0 unspecified atom stereocenters. The van der Waals surface area contributed by atoms with Gasteiger partial charge in [-0.15, -0.1) is 0 Å². The summed E-state index contributed by atoms with van der Waals surface area (Å²) in [7, 11) is 0. The number of halogens is 1. The van der Waals surface area contributed by atoms with Crippen LogP contribution in [0.1, 0.15) is 5.56 Å². The molecule has 0 bridgehead atoms. The molecule has 2 aromatic heterocycles. The molecule has 0 fully saturated rings. The Balaban J connectivity index is 0.996. The van der Waals surface area contributed by atoms with E-state index in [-0.39, 0.29) is 5.82 Å². The molecule has 4 nitrogen and oxygen atoms in total. The highest BCUT2D eigenvalue weighted by atomic mass is 19.1. The van der Waals surface area contributed by atoms with Crippen molar-refractivity contribution in [2.45, 2.75) is 0 Å². The number of fused-ring (bicyclic) bond motifs is 6. The first kappa shape index (κ1) is 35.0. The lowest BCUT2D eigenvalue weighted by Crippen LogP contribution is -2.10. The van der Waals surface area contributed by atoms with Gasteiger partial charge in [0.2, 0.25) is 0 Å². The molecule has 5 heteroatoms. The summed E-state index contributed by atoms with van der Waals surface area (Å²) in [4.78, 5) is 2.28. The number of benzene rings is 9. The summed E-state index contributed by atoms with van der Waals surface area (Å²) in [6, 6.07) is 71.9. The predicted molar refractivity (Wildman–Crippen MR) is 244 cm³/mol. The summed E-state index contributed by atoms with van der Waals surface area (Å²) >= 11 is 0.